The highest BCUT2D eigenvalue weighted by atomic mass is 16.5. The second-order valence-corrected chi connectivity index (χ2v) is 5.92. The SMILES string of the molecule is c1cnc2c(c1)nc(C1CCOCC1)n2C1CCOCC1. The van der Waals surface area contributed by atoms with Gasteiger partial charge in [0.25, 0.3) is 0 Å². The monoisotopic (exact) mass is 287 g/mol. The van der Waals surface area contributed by atoms with Crippen LogP contribution in [-0.2, 0) is 9.47 Å². The van der Waals surface area contributed by atoms with E-state index in [2.05, 4.69) is 15.6 Å². The van der Waals surface area contributed by atoms with Gasteiger partial charge in [0, 0.05) is 44.6 Å². The summed E-state index contributed by atoms with van der Waals surface area (Å²) in [6.07, 6.45) is 6.10. The predicted molar refractivity (Wildman–Crippen MR) is 79.4 cm³/mol. The molecule has 0 radical (unpaired) electrons. The molecule has 112 valence electrons. The quantitative estimate of drug-likeness (QED) is 0.852. The van der Waals surface area contributed by atoms with Crippen LogP contribution in [0.4, 0.5) is 0 Å². The Morgan fingerprint density at radius 3 is 2.48 bits per heavy atom. The molecule has 2 aromatic heterocycles. The zero-order valence-corrected chi connectivity index (χ0v) is 12.2. The van der Waals surface area contributed by atoms with Gasteiger partial charge in [0.05, 0.1) is 0 Å². The van der Waals surface area contributed by atoms with Crippen LogP contribution in [0.15, 0.2) is 18.3 Å². The number of nitrogens with zero attached hydrogens (tertiary/aromatic N) is 3. The van der Waals surface area contributed by atoms with Crippen LogP contribution in [0.3, 0.4) is 0 Å². The summed E-state index contributed by atoms with van der Waals surface area (Å²) in [5.74, 6) is 1.70. The molecule has 0 spiro atoms. The molecule has 2 aliphatic rings. The summed E-state index contributed by atoms with van der Waals surface area (Å²) in [4.78, 5) is 9.52. The van der Waals surface area contributed by atoms with Crippen LogP contribution in [0.25, 0.3) is 11.2 Å². The smallest absolute Gasteiger partial charge is 0.160 e. The molecule has 2 fully saturated rings. The molecule has 0 unspecified atom stereocenters. The topological polar surface area (TPSA) is 49.2 Å². The summed E-state index contributed by atoms with van der Waals surface area (Å²) in [5.41, 5.74) is 2.05. The van der Waals surface area contributed by atoms with Crippen molar-refractivity contribution in [1.29, 1.82) is 0 Å². The molecular weight excluding hydrogens is 266 g/mol. The molecule has 0 N–H and O–H groups in total. The lowest BCUT2D eigenvalue weighted by atomic mass is 9.98. The number of ether oxygens (including phenoxy) is 2. The molecule has 0 atom stereocenters. The fraction of sp³-hybridized carbons (Fsp3) is 0.625. The minimum Gasteiger partial charge on any atom is -0.381 e. The molecule has 21 heavy (non-hydrogen) atoms. The molecule has 5 heteroatoms. The van der Waals surface area contributed by atoms with Crippen LogP contribution in [0.2, 0.25) is 0 Å². The van der Waals surface area contributed by atoms with Crippen LogP contribution in [0.5, 0.6) is 0 Å². The number of aromatic nitrogens is 3. The van der Waals surface area contributed by atoms with Gasteiger partial charge >= 0.3 is 0 Å². The third-order valence-corrected chi connectivity index (χ3v) is 4.62. The highest BCUT2D eigenvalue weighted by molar-refractivity contribution is 5.71. The molecule has 0 amide bonds. The van der Waals surface area contributed by atoms with Crippen molar-refractivity contribution in [3.05, 3.63) is 24.2 Å². The van der Waals surface area contributed by atoms with Crippen LogP contribution in [-0.4, -0.2) is 41.0 Å². The zero-order chi connectivity index (χ0) is 14.1. The van der Waals surface area contributed by atoms with Crippen LogP contribution < -0.4 is 0 Å². The number of hydrogen-bond donors (Lipinski definition) is 0. The lowest BCUT2D eigenvalue weighted by Gasteiger charge is -2.28. The van der Waals surface area contributed by atoms with E-state index in [0.29, 0.717) is 12.0 Å². The summed E-state index contributed by atoms with van der Waals surface area (Å²) in [5, 5.41) is 0. The fourth-order valence-electron chi connectivity index (χ4n) is 3.49. The first-order valence-corrected chi connectivity index (χ1v) is 7.92. The minimum atomic E-state index is 0.469. The number of hydrogen-bond acceptors (Lipinski definition) is 4. The van der Waals surface area contributed by atoms with Crippen molar-refractivity contribution in [2.45, 2.75) is 37.6 Å². The fourth-order valence-corrected chi connectivity index (χ4v) is 3.49. The summed E-state index contributed by atoms with van der Waals surface area (Å²) >= 11 is 0. The molecule has 0 bridgehead atoms. The maximum absolute atomic E-state index is 5.52. The first-order valence-electron chi connectivity index (χ1n) is 7.92. The van der Waals surface area contributed by atoms with Gasteiger partial charge in [-0.25, -0.2) is 9.97 Å². The van der Waals surface area contributed by atoms with Gasteiger partial charge in [-0.3, -0.25) is 0 Å². The van der Waals surface area contributed by atoms with E-state index < -0.39 is 0 Å². The normalized spacial score (nSPS) is 21.9. The molecular formula is C16H21N3O2. The Hall–Kier alpha value is -1.46. The lowest BCUT2D eigenvalue weighted by Crippen LogP contribution is -2.24. The van der Waals surface area contributed by atoms with Gasteiger partial charge in [-0.15, -0.1) is 0 Å². The molecule has 2 aliphatic heterocycles. The molecule has 0 saturated carbocycles. The van der Waals surface area contributed by atoms with Gasteiger partial charge in [-0.2, -0.15) is 0 Å². The Morgan fingerprint density at radius 1 is 1.00 bits per heavy atom. The first kappa shape index (κ1) is 13.2. The van der Waals surface area contributed by atoms with Crippen molar-refractivity contribution in [3.63, 3.8) is 0 Å². The average Bonchev–Trinajstić information content (AvgIpc) is 2.96. The van der Waals surface area contributed by atoms with E-state index in [9.17, 15) is 0 Å². The Labute approximate surface area is 124 Å². The van der Waals surface area contributed by atoms with Crippen LogP contribution >= 0.6 is 0 Å². The van der Waals surface area contributed by atoms with Gasteiger partial charge in [-0.05, 0) is 37.8 Å². The third kappa shape index (κ3) is 2.45. The van der Waals surface area contributed by atoms with Crippen molar-refractivity contribution in [2.75, 3.05) is 26.4 Å². The Morgan fingerprint density at radius 2 is 1.71 bits per heavy atom. The highest BCUT2D eigenvalue weighted by Crippen LogP contribution is 2.34. The number of pyridine rings is 1. The van der Waals surface area contributed by atoms with E-state index in [1.54, 1.807) is 0 Å². The maximum atomic E-state index is 5.52. The van der Waals surface area contributed by atoms with Gasteiger partial charge < -0.3 is 14.0 Å². The van der Waals surface area contributed by atoms with E-state index in [4.69, 9.17) is 14.5 Å². The minimum absolute atomic E-state index is 0.469. The highest BCUT2D eigenvalue weighted by Gasteiger charge is 2.27. The van der Waals surface area contributed by atoms with Gasteiger partial charge in [-0.1, -0.05) is 0 Å². The predicted octanol–water partition coefficient (Wildman–Crippen LogP) is 2.68. The zero-order valence-electron chi connectivity index (χ0n) is 12.2. The second kappa shape index (κ2) is 5.73. The largest absolute Gasteiger partial charge is 0.381 e. The van der Waals surface area contributed by atoms with E-state index in [0.717, 1.165) is 63.3 Å². The summed E-state index contributed by atoms with van der Waals surface area (Å²) in [6, 6.07) is 4.51. The Kier molecular flexibility index (Phi) is 3.61. The standard InChI is InChI=1S/C16H21N3O2/c1-2-14-16(17-7-1)19(13-5-10-21-11-6-13)15(18-14)12-3-8-20-9-4-12/h1-2,7,12-13H,3-6,8-11H2. The Balaban J connectivity index is 1.79. The summed E-state index contributed by atoms with van der Waals surface area (Å²) in [7, 11) is 0. The van der Waals surface area contributed by atoms with E-state index >= 15 is 0 Å². The third-order valence-electron chi connectivity index (χ3n) is 4.62. The molecule has 4 rings (SSSR count). The van der Waals surface area contributed by atoms with Gasteiger partial charge in [0.1, 0.15) is 11.3 Å². The lowest BCUT2D eigenvalue weighted by molar-refractivity contribution is 0.0650. The van der Waals surface area contributed by atoms with E-state index in [-0.39, 0.29) is 0 Å². The molecule has 5 nitrogen and oxygen atoms in total. The van der Waals surface area contributed by atoms with E-state index in [1.165, 1.54) is 5.82 Å². The summed E-state index contributed by atoms with van der Waals surface area (Å²) in [6.45, 7) is 3.36. The molecule has 2 saturated heterocycles. The number of fused-ring (bicyclic) bond motifs is 1. The maximum Gasteiger partial charge on any atom is 0.160 e. The van der Waals surface area contributed by atoms with Crippen LogP contribution in [0.1, 0.15) is 43.5 Å². The molecule has 2 aromatic rings. The average molecular weight is 287 g/mol. The van der Waals surface area contributed by atoms with Crippen molar-refractivity contribution >= 4 is 11.2 Å². The van der Waals surface area contributed by atoms with E-state index in [1.807, 2.05) is 12.3 Å². The Bertz CT molecular complexity index is 613. The van der Waals surface area contributed by atoms with Crippen LogP contribution in [0, 0.1) is 0 Å². The number of rotatable bonds is 2. The van der Waals surface area contributed by atoms with Crippen molar-refractivity contribution in [1.82, 2.24) is 14.5 Å². The molecule has 0 aromatic carbocycles. The summed E-state index contributed by atoms with van der Waals surface area (Å²) < 4.78 is 13.4. The first-order chi connectivity index (χ1) is 10.4. The van der Waals surface area contributed by atoms with Gasteiger partial charge in [0.15, 0.2) is 5.65 Å². The van der Waals surface area contributed by atoms with Crippen molar-refractivity contribution in [2.24, 2.45) is 0 Å². The van der Waals surface area contributed by atoms with Gasteiger partial charge in [0.2, 0.25) is 0 Å². The second-order valence-electron chi connectivity index (χ2n) is 5.92. The van der Waals surface area contributed by atoms with Crippen molar-refractivity contribution < 1.29 is 9.47 Å². The number of imidazole rings is 1. The molecule has 4 heterocycles. The van der Waals surface area contributed by atoms with Crippen molar-refractivity contribution in [3.8, 4) is 0 Å². The molecule has 0 aliphatic carbocycles.